The lowest BCUT2D eigenvalue weighted by molar-refractivity contribution is -0.0590. The number of hydrogen-bond donors (Lipinski definition) is 4. The molecule has 132 valence electrons. The maximum absolute atomic E-state index is 12.1. The van der Waals surface area contributed by atoms with E-state index in [4.69, 9.17) is 4.84 Å². The summed E-state index contributed by atoms with van der Waals surface area (Å²) in [5.74, 6) is -0.875. The number of aromatic hydroxyl groups is 3. The first kappa shape index (κ1) is 18.3. The molecule has 0 aliphatic heterocycles. The highest BCUT2D eigenvalue weighted by Gasteiger charge is 2.16. The van der Waals surface area contributed by atoms with E-state index in [-0.39, 0.29) is 22.8 Å². The van der Waals surface area contributed by atoms with Crippen molar-refractivity contribution in [2.45, 2.75) is 26.4 Å². The maximum Gasteiger partial charge on any atom is 0.278 e. The predicted octanol–water partition coefficient (Wildman–Crippen LogP) is 3.01. The van der Waals surface area contributed by atoms with Crippen molar-refractivity contribution in [3.05, 3.63) is 47.5 Å². The van der Waals surface area contributed by atoms with Crippen LogP contribution in [0.15, 0.2) is 41.4 Å². The van der Waals surface area contributed by atoms with Gasteiger partial charge >= 0.3 is 0 Å². The molecule has 1 amide bonds. The first-order chi connectivity index (χ1) is 11.7. The zero-order valence-electron chi connectivity index (χ0n) is 14.1. The molecule has 7 nitrogen and oxygen atoms in total. The van der Waals surface area contributed by atoms with E-state index in [0.29, 0.717) is 11.3 Å². The number of nitrogens with one attached hydrogen (secondary N) is 1. The molecule has 0 spiro atoms. The molecule has 0 aliphatic carbocycles. The Balaban J connectivity index is 2.22. The SMILES string of the molecule is CC(C)(C)ONC(=O)c1cc(N=Cc2cc(O)ccc2O)ccc1O. The molecule has 0 heterocycles. The molecule has 0 saturated heterocycles. The summed E-state index contributed by atoms with van der Waals surface area (Å²) in [6.07, 6.45) is 1.34. The fourth-order valence-corrected chi connectivity index (χ4v) is 1.83. The minimum Gasteiger partial charge on any atom is -0.508 e. The van der Waals surface area contributed by atoms with Gasteiger partial charge in [-0.15, -0.1) is 0 Å². The van der Waals surface area contributed by atoms with Crippen molar-refractivity contribution in [3.8, 4) is 17.2 Å². The van der Waals surface area contributed by atoms with E-state index in [1.165, 1.54) is 42.6 Å². The Labute approximate surface area is 145 Å². The van der Waals surface area contributed by atoms with E-state index in [1.807, 2.05) is 0 Å². The normalized spacial score (nSPS) is 11.6. The number of nitrogens with zero attached hydrogens (tertiary/aromatic N) is 1. The summed E-state index contributed by atoms with van der Waals surface area (Å²) in [5.41, 5.74) is 2.39. The highest BCUT2D eigenvalue weighted by atomic mass is 16.7. The molecular weight excluding hydrogens is 324 g/mol. The van der Waals surface area contributed by atoms with Gasteiger partial charge in [-0.3, -0.25) is 14.6 Å². The summed E-state index contributed by atoms with van der Waals surface area (Å²) in [6, 6.07) is 8.27. The number of hydrogen-bond acceptors (Lipinski definition) is 6. The third kappa shape index (κ3) is 5.22. The Bertz CT molecular complexity index is 810. The molecule has 0 atom stereocenters. The summed E-state index contributed by atoms with van der Waals surface area (Å²) in [4.78, 5) is 21.4. The summed E-state index contributed by atoms with van der Waals surface area (Å²) in [5, 5.41) is 29.0. The fraction of sp³-hybridized carbons (Fsp3) is 0.222. The molecular formula is C18H20N2O5. The van der Waals surface area contributed by atoms with E-state index in [0.717, 1.165) is 0 Å². The van der Waals surface area contributed by atoms with Gasteiger partial charge in [0.15, 0.2) is 0 Å². The number of carbonyl (C=O) groups is 1. The largest absolute Gasteiger partial charge is 0.508 e. The van der Waals surface area contributed by atoms with Crippen LogP contribution in [0.3, 0.4) is 0 Å². The van der Waals surface area contributed by atoms with Crippen molar-refractivity contribution >= 4 is 17.8 Å². The van der Waals surface area contributed by atoms with Crippen molar-refractivity contribution in [2.75, 3.05) is 0 Å². The Morgan fingerprint density at radius 2 is 1.76 bits per heavy atom. The summed E-state index contributed by atoms with van der Waals surface area (Å²) >= 11 is 0. The number of phenols is 3. The highest BCUT2D eigenvalue weighted by Crippen LogP contribution is 2.25. The molecule has 0 aromatic heterocycles. The molecule has 0 radical (unpaired) electrons. The smallest absolute Gasteiger partial charge is 0.278 e. The average molecular weight is 344 g/mol. The van der Waals surface area contributed by atoms with Gasteiger partial charge in [-0.05, 0) is 57.2 Å². The van der Waals surface area contributed by atoms with Crippen LogP contribution in [0.4, 0.5) is 5.69 Å². The molecule has 2 aromatic carbocycles. The molecule has 0 aliphatic rings. The van der Waals surface area contributed by atoms with Gasteiger partial charge in [0.2, 0.25) is 0 Å². The molecule has 7 heteroatoms. The van der Waals surface area contributed by atoms with Gasteiger partial charge in [-0.25, -0.2) is 5.48 Å². The zero-order chi connectivity index (χ0) is 18.6. The van der Waals surface area contributed by atoms with Gasteiger partial charge in [-0.1, -0.05) is 0 Å². The summed E-state index contributed by atoms with van der Waals surface area (Å²) in [6.45, 7) is 5.32. The number of benzene rings is 2. The lowest BCUT2D eigenvalue weighted by Crippen LogP contribution is -2.33. The standard InChI is InChI=1S/C18H20N2O5/c1-18(2,3)25-20-17(24)14-9-12(4-6-16(14)23)19-10-11-8-13(21)5-7-15(11)22/h4-10,21-23H,1-3H3,(H,20,24). The van der Waals surface area contributed by atoms with Crippen LogP contribution in [0, 0.1) is 0 Å². The molecule has 25 heavy (non-hydrogen) atoms. The summed E-state index contributed by atoms with van der Waals surface area (Å²) < 4.78 is 0. The lowest BCUT2D eigenvalue weighted by atomic mass is 10.1. The van der Waals surface area contributed by atoms with Crippen LogP contribution in [-0.2, 0) is 4.84 Å². The molecule has 2 rings (SSSR count). The van der Waals surface area contributed by atoms with E-state index in [2.05, 4.69) is 10.5 Å². The number of rotatable bonds is 4. The molecule has 2 aromatic rings. The Morgan fingerprint density at radius 1 is 1.08 bits per heavy atom. The van der Waals surface area contributed by atoms with E-state index >= 15 is 0 Å². The van der Waals surface area contributed by atoms with Crippen molar-refractivity contribution in [1.29, 1.82) is 0 Å². The first-order valence-corrected chi connectivity index (χ1v) is 7.53. The average Bonchev–Trinajstić information content (AvgIpc) is 2.54. The van der Waals surface area contributed by atoms with Crippen molar-refractivity contribution < 1.29 is 25.0 Å². The van der Waals surface area contributed by atoms with Crippen molar-refractivity contribution in [2.24, 2.45) is 4.99 Å². The third-order valence-corrected chi connectivity index (χ3v) is 3.04. The molecule has 0 unspecified atom stereocenters. The van der Waals surface area contributed by atoms with Gasteiger partial charge in [0.25, 0.3) is 5.91 Å². The minimum absolute atomic E-state index is 0.000897. The Kier molecular flexibility index (Phi) is 5.29. The van der Waals surface area contributed by atoms with Gasteiger partial charge in [0.05, 0.1) is 16.9 Å². The van der Waals surface area contributed by atoms with Gasteiger partial charge < -0.3 is 15.3 Å². The van der Waals surface area contributed by atoms with E-state index in [9.17, 15) is 20.1 Å². The van der Waals surface area contributed by atoms with E-state index in [1.54, 1.807) is 20.8 Å². The van der Waals surface area contributed by atoms with Crippen LogP contribution < -0.4 is 5.48 Å². The second kappa shape index (κ2) is 7.23. The number of hydroxylamine groups is 1. The highest BCUT2D eigenvalue weighted by molar-refractivity contribution is 5.97. The lowest BCUT2D eigenvalue weighted by Gasteiger charge is -2.19. The van der Waals surface area contributed by atoms with Crippen molar-refractivity contribution in [1.82, 2.24) is 5.48 Å². The van der Waals surface area contributed by atoms with Crippen LogP contribution >= 0.6 is 0 Å². The van der Waals surface area contributed by atoms with Crippen molar-refractivity contribution in [3.63, 3.8) is 0 Å². The number of phenolic OH excluding ortho intramolecular Hbond substituents is 3. The molecule has 0 saturated carbocycles. The van der Waals surface area contributed by atoms with Gasteiger partial charge in [-0.2, -0.15) is 0 Å². The minimum atomic E-state index is -0.607. The maximum atomic E-state index is 12.1. The van der Waals surface area contributed by atoms with Crippen LogP contribution in [0.1, 0.15) is 36.7 Å². The zero-order valence-corrected chi connectivity index (χ0v) is 14.1. The van der Waals surface area contributed by atoms with Crippen LogP contribution in [0.2, 0.25) is 0 Å². The predicted molar refractivity (Wildman–Crippen MR) is 93.4 cm³/mol. The van der Waals surface area contributed by atoms with E-state index < -0.39 is 11.5 Å². The second-order valence-electron chi connectivity index (χ2n) is 6.35. The molecule has 0 fully saturated rings. The Morgan fingerprint density at radius 3 is 2.44 bits per heavy atom. The number of carbonyl (C=O) groups excluding carboxylic acids is 1. The molecule has 4 N–H and O–H groups in total. The monoisotopic (exact) mass is 344 g/mol. The fourth-order valence-electron chi connectivity index (χ4n) is 1.83. The quantitative estimate of drug-likeness (QED) is 0.387. The second-order valence-corrected chi connectivity index (χ2v) is 6.35. The third-order valence-electron chi connectivity index (χ3n) is 3.04. The topological polar surface area (TPSA) is 111 Å². The van der Waals surface area contributed by atoms with Crippen LogP contribution in [0.25, 0.3) is 0 Å². The van der Waals surface area contributed by atoms with Crippen LogP contribution in [-0.4, -0.2) is 33.0 Å². The van der Waals surface area contributed by atoms with Gasteiger partial charge in [0, 0.05) is 11.8 Å². The van der Waals surface area contributed by atoms with Gasteiger partial charge in [0.1, 0.15) is 17.2 Å². The number of aliphatic imine (C=N–C) groups is 1. The van der Waals surface area contributed by atoms with Crippen LogP contribution in [0.5, 0.6) is 17.2 Å². The molecule has 0 bridgehead atoms. The summed E-state index contributed by atoms with van der Waals surface area (Å²) in [7, 11) is 0. The Hall–Kier alpha value is -3.06. The number of amides is 1. The first-order valence-electron chi connectivity index (χ1n) is 7.53.